The Morgan fingerprint density at radius 2 is 1.39 bits per heavy atom. The van der Waals surface area contributed by atoms with Crippen LogP contribution in [0.5, 0.6) is 5.75 Å². The number of benzene rings is 3. The molecule has 0 spiro atoms. The molecule has 0 atom stereocenters. The lowest BCUT2D eigenvalue weighted by Gasteiger charge is -2.22. The van der Waals surface area contributed by atoms with Gasteiger partial charge >= 0.3 is 0 Å². The molecular formula is C32H43N3O. The van der Waals surface area contributed by atoms with Crippen LogP contribution in [0.25, 0.3) is 21.7 Å². The van der Waals surface area contributed by atoms with Crippen LogP contribution in [-0.4, -0.2) is 31.2 Å². The maximum Gasteiger partial charge on any atom is 0.139 e. The van der Waals surface area contributed by atoms with E-state index in [2.05, 4.69) is 55.0 Å². The van der Waals surface area contributed by atoms with Gasteiger partial charge in [-0.05, 0) is 48.3 Å². The van der Waals surface area contributed by atoms with Crippen molar-refractivity contribution >= 4 is 27.5 Å². The molecule has 4 aromatic rings. The fourth-order valence-corrected chi connectivity index (χ4v) is 4.75. The van der Waals surface area contributed by atoms with Gasteiger partial charge in [0, 0.05) is 24.9 Å². The maximum absolute atomic E-state index is 5.45. The second-order valence-corrected chi connectivity index (χ2v) is 10.2. The summed E-state index contributed by atoms with van der Waals surface area (Å²) in [4.78, 5) is 10.8. The van der Waals surface area contributed by atoms with Crippen molar-refractivity contribution in [1.82, 2.24) is 9.97 Å². The largest absolute Gasteiger partial charge is 0.496 e. The molecule has 4 heteroatoms. The summed E-state index contributed by atoms with van der Waals surface area (Å²) in [5.41, 5.74) is 2.27. The molecule has 1 aliphatic rings. The Balaban J connectivity index is 0.000000157. The van der Waals surface area contributed by atoms with E-state index < -0.39 is 0 Å². The summed E-state index contributed by atoms with van der Waals surface area (Å²) >= 11 is 0. The van der Waals surface area contributed by atoms with Crippen molar-refractivity contribution in [3.05, 3.63) is 72.1 Å². The molecule has 0 saturated heterocycles. The van der Waals surface area contributed by atoms with Gasteiger partial charge in [-0.15, -0.1) is 0 Å². The van der Waals surface area contributed by atoms with Crippen LogP contribution in [-0.2, 0) is 6.42 Å². The summed E-state index contributed by atoms with van der Waals surface area (Å²) in [6, 6.07) is 20.7. The molecule has 3 aromatic carbocycles. The normalized spacial score (nSPS) is 17.0. The molecule has 0 radical (unpaired) electrons. The SMILES string of the molecule is CC1CCC(C)CC1.CCc1ccc2ccccc2c1OC.Cc1nc(N(C)C)c2ccccc2n1. The first kappa shape index (κ1) is 27.4. The predicted octanol–water partition coefficient (Wildman–Crippen LogP) is 8.25. The smallest absolute Gasteiger partial charge is 0.139 e. The Kier molecular flexibility index (Phi) is 10.1. The summed E-state index contributed by atoms with van der Waals surface area (Å²) in [7, 11) is 5.73. The lowest BCUT2D eigenvalue weighted by atomic mass is 9.84. The highest BCUT2D eigenvalue weighted by atomic mass is 16.5. The fraction of sp³-hybridized carbons (Fsp3) is 0.438. The maximum atomic E-state index is 5.45. The number of rotatable bonds is 3. The number of anilines is 1. The number of hydrogen-bond donors (Lipinski definition) is 0. The number of aromatic nitrogens is 2. The molecule has 36 heavy (non-hydrogen) atoms. The van der Waals surface area contributed by atoms with Crippen LogP contribution in [0.2, 0.25) is 0 Å². The Hall–Kier alpha value is -3.14. The van der Waals surface area contributed by atoms with E-state index in [1.807, 2.05) is 62.3 Å². The number of fused-ring (bicyclic) bond motifs is 2. The first-order chi connectivity index (χ1) is 17.3. The second-order valence-electron chi connectivity index (χ2n) is 10.2. The number of para-hydroxylation sites is 1. The summed E-state index contributed by atoms with van der Waals surface area (Å²) < 4.78 is 5.45. The summed E-state index contributed by atoms with van der Waals surface area (Å²) in [6.45, 7) is 8.80. The molecule has 1 fully saturated rings. The minimum Gasteiger partial charge on any atom is -0.496 e. The highest BCUT2D eigenvalue weighted by molar-refractivity contribution is 5.90. The summed E-state index contributed by atoms with van der Waals surface area (Å²) in [5, 5.41) is 3.54. The molecule has 4 nitrogen and oxygen atoms in total. The Morgan fingerprint density at radius 1 is 0.806 bits per heavy atom. The number of aryl methyl sites for hydroxylation is 2. The van der Waals surface area contributed by atoms with Gasteiger partial charge in [0.15, 0.2) is 0 Å². The molecule has 1 heterocycles. The number of methoxy groups -OCH3 is 1. The van der Waals surface area contributed by atoms with Crippen molar-refractivity contribution < 1.29 is 4.74 Å². The monoisotopic (exact) mass is 485 g/mol. The molecule has 1 aliphatic carbocycles. The molecule has 0 unspecified atom stereocenters. The molecule has 1 aromatic heterocycles. The van der Waals surface area contributed by atoms with E-state index in [0.717, 1.165) is 46.6 Å². The van der Waals surface area contributed by atoms with Crippen molar-refractivity contribution in [1.29, 1.82) is 0 Å². The molecule has 192 valence electrons. The van der Waals surface area contributed by atoms with E-state index in [9.17, 15) is 0 Å². The summed E-state index contributed by atoms with van der Waals surface area (Å²) in [6.07, 6.45) is 6.90. The van der Waals surface area contributed by atoms with Gasteiger partial charge in [0.2, 0.25) is 0 Å². The van der Waals surface area contributed by atoms with Crippen LogP contribution in [0.15, 0.2) is 60.7 Å². The first-order valence-corrected chi connectivity index (χ1v) is 13.3. The van der Waals surface area contributed by atoms with E-state index >= 15 is 0 Å². The Labute approximate surface area is 217 Å². The van der Waals surface area contributed by atoms with Crippen LogP contribution in [0.1, 0.15) is 57.8 Å². The lowest BCUT2D eigenvalue weighted by Crippen LogP contribution is -2.12. The summed E-state index contributed by atoms with van der Waals surface area (Å²) in [5.74, 6) is 4.85. The third-order valence-corrected chi connectivity index (χ3v) is 6.97. The number of nitrogens with zero attached hydrogens (tertiary/aromatic N) is 3. The standard InChI is InChI=1S/C13H14O.C11H13N3.C8H16/c1-3-10-8-9-11-6-4-5-7-12(11)13(10)14-2;1-8-12-10-7-5-4-6-9(10)11(13-8)14(2)3;1-7-3-5-8(2)6-4-7/h4-9H,3H2,1-2H3;4-7H,1-3H3;7-8H,3-6H2,1-2H3. The van der Waals surface area contributed by atoms with Gasteiger partial charge in [0.25, 0.3) is 0 Å². The second kappa shape index (κ2) is 13.2. The lowest BCUT2D eigenvalue weighted by molar-refractivity contribution is 0.308. The molecule has 1 saturated carbocycles. The average Bonchev–Trinajstić information content (AvgIpc) is 2.89. The van der Waals surface area contributed by atoms with Gasteiger partial charge in [-0.2, -0.15) is 0 Å². The topological polar surface area (TPSA) is 38.2 Å². The predicted molar refractivity (Wildman–Crippen MR) is 155 cm³/mol. The van der Waals surface area contributed by atoms with Crippen molar-refractivity contribution in [3.8, 4) is 5.75 Å². The van der Waals surface area contributed by atoms with Crippen LogP contribution < -0.4 is 9.64 Å². The minimum atomic E-state index is 0.812. The fourth-order valence-electron chi connectivity index (χ4n) is 4.75. The van der Waals surface area contributed by atoms with E-state index in [0.29, 0.717) is 0 Å². The quantitative estimate of drug-likeness (QED) is 0.293. The zero-order chi connectivity index (χ0) is 26.1. The minimum absolute atomic E-state index is 0.812. The highest BCUT2D eigenvalue weighted by Crippen LogP contribution is 2.30. The van der Waals surface area contributed by atoms with E-state index in [-0.39, 0.29) is 0 Å². The van der Waals surface area contributed by atoms with Crippen molar-refractivity contribution in [3.63, 3.8) is 0 Å². The van der Waals surface area contributed by atoms with Crippen LogP contribution in [0.3, 0.4) is 0 Å². The molecule has 0 aliphatic heterocycles. The van der Waals surface area contributed by atoms with Crippen molar-refractivity contribution in [2.45, 2.75) is 59.8 Å². The van der Waals surface area contributed by atoms with Gasteiger partial charge in [-0.3, -0.25) is 0 Å². The van der Waals surface area contributed by atoms with Gasteiger partial charge in [-0.25, -0.2) is 9.97 Å². The average molecular weight is 486 g/mol. The molecule has 0 N–H and O–H groups in total. The van der Waals surface area contributed by atoms with E-state index in [4.69, 9.17) is 4.74 Å². The van der Waals surface area contributed by atoms with Gasteiger partial charge in [0.1, 0.15) is 17.4 Å². The van der Waals surface area contributed by atoms with Gasteiger partial charge in [-0.1, -0.05) is 95.0 Å². The van der Waals surface area contributed by atoms with Gasteiger partial charge < -0.3 is 9.64 Å². The van der Waals surface area contributed by atoms with Crippen molar-refractivity contribution in [2.75, 3.05) is 26.1 Å². The zero-order valence-corrected chi connectivity index (χ0v) is 23.2. The Bertz CT molecular complexity index is 1230. The Morgan fingerprint density at radius 3 is 1.97 bits per heavy atom. The third kappa shape index (κ3) is 7.19. The van der Waals surface area contributed by atoms with Crippen molar-refractivity contribution in [2.24, 2.45) is 11.8 Å². The van der Waals surface area contributed by atoms with Crippen LogP contribution >= 0.6 is 0 Å². The van der Waals surface area contributed by atoms with E-state index in [1.54, 1.807) is 7.11 Å². The van der Waals surface area contributed by atoms with Gasteiger partial charge in [0.05, 0.1) is 12.6 Å². The number of hydrogen-bond acceptors (Lipinski definition) is 4. The van der Waals surface area contributed by atoms with Crippen LogP contribution in [0.4, 0.5) is 5.82 Å². The molecule has 0 bridgehead atoms. The van der Waals surface area contributed by atoms with E-state index in [1.165, 1.54) is 42.0 Å². The molecule has 0 amide bonds. The highest BCUT2D eigenvalue weighted by Gasteiger charge is 2.13. The third-order valence-electron chi connectivity index (χ3n) is 6.97. The first-order valence-electron chi connectivity index (χ1n) is 13.3. The molecular weight excluding hydrogens is 442 g/mol. The molecule has 5 rings (SSSR count). The van der Waals surface area contributed by atoms with Crippen LogP contribution in [0, 0.1) is 18.8 Å². The zero-order valence-electron chi connectivity index (χ0n) is 23.2. The number of ether oxygens (including phenoxy) is 1.